The molecule has 2 rings (SSSR count). The van der Waals surface area contributed by atoms with Gasteiger partial charge in [0, 0.05) is 30.1 Å². The molecule has 0 fully saturated rings. The van der Waals surface area contributed by atoms with E-state index >= 15 is 0 Å². The highest BCUT2D eigenvalue weighted by Crippen LogP contribution is 2.43. The fourth-order valence-corrected chi connectivity index (χ4v) is 4.00. The number of unbranched alkanes of at least 4 members (excludes halogenated alkanes) is 2. The lowest BCUT2D eigenvalue weighted by Crippen LogP contribution is -2.31. The molecule has 1 N–H and O–H groups in total. The Labute approximate surface area is 210 Å². The third kappa shape index (κ3) is 9.12. The van der Waals surface area contributed by atoms with Crippen LogP contribution in [0.4, 0.5) is 0 Å². The molecule has 1 amide bonds. The minimum absolute atomic E-state index is 0.0951. The van der Waals surface area contributed by atoms with Crippen molar-refractivity contribution in [3.8, 4) is 17.2 Å². The largest absolute Gasteiger partial charge is 0.493 e. The van der Waals surface area contributed by atoms with Gasteiger partial charge in [0.05, 0.1) is 21.3 Å². The van der Waals surface area contributed by atoms with Crippen LogP contribution in [0.1, 0.15) is 63.5 Å². The summed E-state index contributed by atoms with van der Waals surface area (Å²) >= 11 is 0. The molecule has 6 nitrogen and oxygen atoms in total. The van der Waals surface area contributed by atoms with Gasteiger partial charge in [0.25, 0.3) is 0 Å². The van der Waals surface area contributed by atoms with Crippen molar-refractivity contribution in [2.45, 2.75) is 64.8 Å². The maximum absolute atomic E-state index is 12.5. The zero-order valence-electron chi connectivity index (χ0n) is 21.8. The van der Waals surface area contributed by atoms with Crippen LogP contribution in [0.2, 0.25) is 0 Å². The number of rotatable bonds is 15. The van der Waals surface area contributed by atoms with Crippen molar-refractivity contribution >= 4 is 11.5 Å². The summed E-state index contributed by atoms with van der Waals surface area (Å²) in [6.07, 6.45) is 16.1. The molecule has 0 unspecified atom stereocenters. The molecular weight excluding hydrogens is 440 g/mol. The molecule has 190 valence electrons. The van der Waals surface area contributed by atoms with E-state index in [4.69, 9.17) is 14.2 Å². The highest BCUT2D eigenvalue weighted by molar-refractivity contribution is 5.88. The van der Waals surface area contributed by atoms with Gasteiger partial charge in [-0.25, -0.2) is 0 Å². The Balaban J connectivity index is 2.06. The lowest BCUT2D eigenvalue weighted by Gasteiger charge is -2.17. The summed E-state index contributed by atoms with van der Waals surface area (Å²) in [6.45, 7) is 4.22. The normalized spacial score (nSPS) is 12.4. The van der Waals surface area contributed by atoms with Crippen LogP contribution in [0.5, 0.6) is 17.2 Å². The van der Waals surface area contributed by atoms with Gasteiger partial charge in [-0.2, -0.15) is 0 Å². The van der Waals surface area contributed by atoms with Gasteiger partial charge in [-0.15, -0.1) is 0 Å². The SMILES string of the molecule is CCCCC/C(=C\C=C\C(=O)N[C@H](C)CCCc1cccnc1)c1ccc(OC)c(OC)c1OC. The van der Waals surface area contributed by atoms with Crippen molar-refractivity contribution in [2.75, 3.05) is 21.3 Å². The molecule has 1 aromatic heterocycles. The molecule has 0 radical (unpaired) electrons. The zero-order chi connectivity index (χ0) is 25.5. The van der Waals surface area contributed by atoms with Crippen LogP contribution in [0, 0.1) is 0 Å². The fourth-order valence-electron chi connectivity index (χ4n) is 4.00. The highest BCUT2D eigenvalue weighted by atomic mass is 16.5. The number of aryl methyl sites for hydroxylation is 1. The molecule has 6 heteroatoms. The van der Waals surface area contributed by atoms with E-state index in [2.05, 4.69) is 23.3 Å². The predicted octanol–water partition coefficient (Wildman–Crippen LogP) is 6.15. The standard InChI is InChI=1S/C29H40N2O4/c1-6-7-8-15-24(25-18-19-26(33-3)29(35-5)28(25)34-4)16-10-17-27(32)31-22(2)12-9-13-23-14-11-20-30-21-23/h10-11,14,16-22H,6-9,12-13,15H2,1-5H3,(H,31,32)/b17-10+,24-16+/t22-/m1/s1. The Hall–Kier alpha value is -3.28. The smallest absolute Gasteiger partial charge is 0.244 e. The highest BCUT2D eigenvalue weighted by Gasteiger charge is 2.18. The Bertz CT molecular complexity index is 970. The third-order valence-corrected chi connectivity index (χ3v) is 5.86. The number of carbonyl (C=O) groups excluding carboxylic acids is 1. The second-order valence-corrected chi connectivity index (χ2v) is 8.55. The van der Waals surface area contributed by atoms with Crippen LogP contribution < -0.4 is 19.5 Å². The Morgan fingerprint density at radius 1 is 1.06 bits per heavy atom. The number of amides is 1. The molecule has 0 spiro atoms. The van der Waals surface area contributed by atoms with Crippen molar-refractivity contribution in [2.24, 2.45) is 0 Å². The Morgan fingerprint density at radius 2 is 1.86 bits per heavy atom. The number of nitrogens with zero attached hydrogens (tertiary/aromatic N) is 1. The first-order chi connectivity index (χ1) is 17.0. The minimum Gasteiger partial charge on any atom is -0.493 e. The van der Waals surface area contributed by atoms with E-state index < -0.39 is 0 Å². The Kier molecular flexibility index (Phi) is 12.5. The molecule has 0 aliphatic heterocycles. The zero-order valence-corrected chi connectivity index (χ0v) is 21.8. The molecule has 0 aliphatic rings. The first-order valence-electron chi connectivity index (χ1n) is 12.4. The van der Waals surface area contributed by atoms with E-state index in [1.807, 2.05) is 43.5 Å². The van der Waals surface area contributed by atoms with Gasteiger partial charge in [-0.3, -0.25) is 9.78 Å². The molecule has 0 saturated carbocycles. The number of carbonyl (C=O) groups is 1. The number of pyridine rings is 1. The van der Waals surface area contributed by atoms with E-state index in [1.54, 1.807) is 33.6 Å². The van der Waals surface area contributed by atoms with Crippen LogP contribution >= 0.6 is 0 Å². The van der Waals surface area contributed by atoms with E-state index in [0.717, 1.165) is 56.1 Å². The predicted molar refractivity (Wildman–Crippen MR) is 142 cm³/mol. The molecule has 1 aromatic carbocycles. The van der Waals surface area contributed by atoms with Gasteiger partial charge in [0.15, 0.2) is 11.5 Å². The number of aromatic nitrogens is 1. The molecular formula is C29H40N2O4. The van der Waals surface area contributed by atoms with Gasteiger partial charge in [-0.1, -0.05) is 38.0 Å². The number of hydrogen-bond acceptors (Lipinski definition) is 5. The first kappa shape index (κ1) is 28.0. The maximum atomic E-state index is 12.5. The number of methoxy groups -OCH3 is 3. The van der Waals surface area contributed by atoms with Gasteiger partial charge >= 0.3 is 0 Å². The van der Waals surface area contributed by atoms with Gasteiger partial charge < -0.3 is 19.5 Å². The average Bonchev–Trinajstić information content (AvgIpc) is 2.87. The summed E-state index contributed by atoms with van der Waals surface area (Å²) in [5.74, 6) is 1.72. The van der Waals surface area contributed by atoms with Gasteiger partial charge in [0.1, 0.15) is 0 Å². The van der Waals surface area contributed by atoms with Crippen LogP contribution in [0.25, 0.3) is 5.57 Å². The number of benzene rings is 1. The van der Waals surface area contributed by atoms with Crippen molar-refractivity contribution in [3.63, 3.8) is 0 Å². The summed E-state index contributed by atoms with van der Waals surface area (Å²) in [5, 5.41) is 3.06. The molecule has 0 bridgehead atoms. The quantitative estimate of drug-likeness (QED) is 0.188. The lowest BCUT2D eigenvalue weighted by molar-refractivity contribution is -0.117. The summed E-state index contributed by atoms with van der Waals surface area (Å²) in [6, 6.07) is 8.00. The number of ether oxygens (including phenoxy) is 3. The van der Waals surface area contributed by atoms with Gasteiger partial charge in [-0.05, 0) is 68.4 Å². The number of allylic oxidation sites excluding steroid dienone is 3. The van der Waals surface area contributed by atoms with E-state index in [0.29, 0.717) is 17.2 Å². The molecule has 35 heavy (non-hydrogen) atoms. The lowest BCUT2D eigenvalue weighted by atomic mass is 9.97. The van der Waals surface area contributed by atoms with E-state index in [1.165, 1.54) is 5.56 Å². The third-order valence-electron chi connectivity index (χ3n) is 5.86. The molecule has 1 heterocycles. The van der Waals surface area contributed by atoms with Crippen LogP contribution in [0.3, 0.4) is 0 Å². The van der Waals surface area contributed by atoms with Crippen molar-refractivity contribution in [3.05, 3.63) is 66.0 Å². The summed E-state index contributed by atoms with van der Waals surface area (Å²) in [4.78, 5) is 16.6. The summed E-state index contributed by atoms with van der Waals surface area (Å²) in [7, 11) is 4.84. The molecule has 0 aliphatic carbocycles. The molecule has 0 saturated heterocycles. The van der Waals surface area contributed by atoms with Crippen LogP contribution in [-0.2, 0) is 11.2 Å². The topological polar surface area (TPSA) is 69.7 Å². The van der Waals surface area contributed by atoms with Crippen molar-refractivity contribution in [1.29, 1.82) is 0 Å². The van der Waals surface area contributed by atoms with Gasteiger partial charge in [0.2, 0.25) is 11.7 Å². The molecule has 1 atom stereocenters. The average molecular weight is 481 g/mol. The minimum atomic E-state index is -0.0951. The van der Waals surface area contributed by atoms with Crippen LogP contribution in [0.15, 0.2) is 54.9 Å². The van der Waals surface area contributed by atoms with Crippen molar-refractivity contribution in [1.82, 2.24) is 10.3 Å². The number of nitrogens with one attached hydrogen (secondary N) is 1. The summed E-state index contributed by atoms with van der Waals surface area (Å²) in [5.41, 5.74) is 3.25. The van der Waals surface area contributed by atoms with E-state index in [-0.39, 0.29) is 11.9 Å². The van der Waals surface area contributed by atoms with E-state index in [9.17, 15) is 4.79 Å². The maximum Gasteiger partial charge on any atom is 0.244 e. The second kappa shape index (κ2) is 15.6. The summed E-state index contributed by atoms with van der Waals surface area (Å²) < 4.78 is 16.7. The second-order valence-electron chi connectivity index (χ2n) is 8.55. The number of hydrogen-bond donors (Lipinski definition) is 1. The van der Waals surface area contributed by atoms with Crippen molar-refractivity contribution < 1.29 is 19.0 Å². The first-order valence-corrected chi connectivity index (χ1v) is 12.4. The monoisotopic (exact) mass is 480 g/mol. The molecule has 2 aromatic rings. The Morgan fingerprint density at radius 3 is 2.51 bits per heavy atom. The fraction of sp³-hybridized carbons (Fsp3) is 0.448. The van der Waals surface area contributed by atoms with Crippen LogP contribution in [-0.4, -0.2) is 38.3 Å².